The Morgan fingerprint density at radius 1 is 1.39 bits per heavy atom. The van der Waals surface area contributed by atoms with Crippen LogP contribution in [0.3, 0.4) is 0 Å². The molecule has 0 aliphatic carbocycles. The Labute approximate surface area is 107 Å². The highest BCUT2D eigenvalue weighted by Gasteiger charge is 2.26. The Kier molecular flexibility index (Phi) is 4.31. The molecule has 0 atom stereocenters. The van der Waals surface area contributed by atoms with Gasteiger partial charge in [-0.25, -0.2) is 0 Å². The molecule has 98 valence electrons. The number of nitrogens with one attached hydrogen (secondary N) is 1. The average Bonchev–Trinajstić information content (AvgIpc) is 2.37. The number of nitrogens with two attached hydrogens (primary N) is 1. The first-order valence-electron chi connectivity index (χ1n) is 5.80. The van der Waals surface area contributed by atoms with Crippen LogP contribution < -0.4 is 11.1 Å². The van der Waals surface area contributed by atoms with Crippen molar-refractivity contribution >= 4 is 11.7 Å². The highest BCUT2D eigenvalue weighted by molar-refractivity contribution is 5.99. The minimum Gasteiger partial charge on any atom is -0.409 e. The van der Waals surface area contributed by atoms with E-state index in [9.17, 15) is 4.79 Å². The second kappa shape index (κ2) is 5.53. The fourth-order valence-corrected chi connectivity index (χ4v) is 1.44. The number of carbonyl (C=O) groups is 1. The number of carbonyl (C=O) groups excluding carboxylic acids is 1. The van der Waals surface area contributed by atoms with Crippen molar-refractivity contribution in [1.29, 1.82) is 0 Å². The van der Waals surface area contributed by atoms with E-state index in [1.54, 1.807) is 26.0 Å². The SMILES string of the molecule is CCc1ccc(C(=O)NC(C)(C)/C(N)=N/O)cc1. The molecule has 1 aromatic rings. The molecule has 1 aromatic carbocycles. The molecule has 0 bridgehead atoms. The normalized spacial score (nSPS) is 12.3. The standard InChI is InChI=1S/C13H19N3O2/c1-4-9-5-7-10(8-6-9)11(17)15-13(2,3)12(14)16-18/h5-8,18H,4H2,1-3H3,(H2,14,16)(H,15,17). The number of aryl methyl sites for hydroxylation is 1. The Balaban J connectivity index is 2.82. The van der Waals surface area contributed by atoms with Crippen LogP contribution in [0.25, 0.3) is 0 Å². The number of amides is 1. The Bertz CT molecular complexity index is 450. The van der Waals surface area contributed by atoms with Crippen LogP contribution >= 0.6 is 0 Å². The van der Waals surface area contributed by atoms with Gasteiger partial charge in [0.15, 0.2) is 5.84 Å². The van der Waals surface area contributed by atoms with Gasteiger partial charge in [-0.3, -0.25) is 4.79 Å². The fourth-order valence-electron chi connectivity index (χ4n) is 1.44. The highest BCUT2D eigenvalue weighted by atomic mass is 16.4. The summed E-state index contributed by atoms with van der Waals surface area (Å²) in [5.74, 6) is -0.296. The third-order valence-corrected chi connectivity index (χ3v) is 2.80. The van der Waals surface area contributed by atoms with Gasteiger partial charge in [0, 0.05) is 5.56 Å². The lowest BCUT2D eigenvalue weighted by molar-refractivity contribution is 0.0931. The number of hydrogen-bond donors (Lipinski definition) is 3. The molecule has 0 unspecified atom stereocenters. The van der Waals surface area contributed by atoms with Gasteiger partial charge in [-0.15, -0.1) is 0 Å². The van der Waals surface area contributed by atoms with Crippen LogP contribution in [0.5, 0.6) is 0 Å². The predicted molar refractivity (Wildman–Crippen MR) is 70.8 cm³/mol. The smallest absolute Gasteiger partial charge is 0.252 e. The van der Waals surface area contributed by atoms with Crippen LogP contribution in [-0.4, -0.2) is 22.5 Å². The Morgan fingerprint density at radius 3 is 2.39 bits per heavy atom. The van der Waals surface area contributed by atoms with Gasteiger partial charge in [0.05, 0.1) is 5.54 Å². The minimum atomic E-state index is -0.894. The van der Waals surface area contributed by atoms with Crippen molar-refractivity contribution in [3.8, 4) is 0 Å². The van der Waals surface area contributed by atoms with Crippen molar-refractivity contribution in [3.63, 3.8) is 0 Å². The molecule has 1 rings (SSSR count). The van der Waals surface area contributed by atoms with E-state index in [0.717, 1.165) is 6.42 Å². The summed E-state index contributed by atoms with van der Waals surface area (Å²) in [6, 6.07) is 7.34. The van der Waals surface area contributed by atoms with Crippen LogP contribution in [0, 0.1) is 0 Å². The van der Waals surface area contributed by atoms with Gasteiger partial charge in [0.1, 0.15) is 0 Å². The first-order chi connectivity index (χ1) is 8.40. The van der Waals surface area contributed by atoms with Crippen molar-refractivity contribution in [2.45, 2.75) is 32.7 Å². The number of amidine groups is 1. The maximum absolute atomic E-state index is 12.0. The first-order valence-corrected chi connectivity index (χ1v) is 5.80. The van der Waals surface area contributed by atoms with Crippen LogP contribution in [-0.2, 0) is 6.42 Å². The van der Waals surface area contributed by atoms with Crippen LogP contribution in [0.4, 0.5) is 0 Å². The fraction of sp³-hybridized carbons (Fsp3) is 0.385. The van der Waals surface area contributed by atoms with E-state index in [4.69, 9.17) is 10.9 Å². The van der Waals surface area contributed by atoms with Gasteiger partial charge in [-0.05, 0) is 38.0 Å². The highest BCUT2D eigenvalue weighted by Crippen LogP contribution is 2.08. The van der Waals surface area contributed by atoms with Crippen molar-refractivity contribution in [2.75, 3.05) is 0 Å². The molecule has 0 spiro atoms. The van der Waals surface area contributed by atoms with Gasteiger partial charge >= 0.3 is 0 Å². The largest absolute Gasteiger partial charge is 0.409 e. The zero-order chi connectivity index (χ0) is 13.8. The molecule has 0 aliphatic rings. The maximum Gasteiger partial charge on any atom is 0.252 e. The lowest BCUT2D eigenvalue weighted by Crippen LogP contribution is -2.53. The van der Waals surface area contributed by atoms with E-state index in [-0.39, 0.29) is 11.7 Å². The third kappa shape index (κ3) is 3.23. The summed E-state index contributed by atoms with van der Waals surface area (Å²) in [7, 11) is 0. The van der Waals surface area contributed by atoms with Gasteiger partial charge in [-0.1, -0.05) is 24.2 Å². The van der Waals surface area contributed by atoms with Crippen molar-refractivity contribution in [3.05, 3.63) is 35.4 Å². The molecule has 0 aliphatic heterocycles. The molecule has 1 amide bonds. The molecule has 18 heavy (non-hydrogen) atoms. The van der Waals surface area contributed by atoms with E-state index >= 15 is 0 Å². The predicted octanol–water partition coefficient (Wildman–Crippen LogP) is 1.50. The molecule has 0 heterocycles. The number of nitrogens with zero attached hydrogens (tertiary/aromatic N) is 1. The zero-order valence-corrected chi connectivity index (χ0v) is 10.9. The second-order valence-electron chi connectivity index (χ2n) is 4.61. The zero-order valence-electron chi connectivity index (χ0n) is 10.9. The van der Waals surface area contributed by atoms with Gasteiger partial charge in [0.25, 0.3) is 5.91 Å². The molecule has 5 heteroatoms. The first kappa shape index (κ1) is 14.0. The van der Waals surface area contributed by atoms with E-state index < -0.39 is 5.54 Å². The van der Waals surface area contributed by atoms with Crippen molar-refractivity contribution < 1.29 is 10.0 Å². The Morgan fingerprint density at radius 2 is 1.94 bits per heavy atom. The van der Waals surface area contributed by atoms with Crippen LogP contribution in [0.1, 0.15) is 36.7 Å². The topological polar surface area (TPSA) is 87.7 Å². The van der Waals surface area contributed by atoms with Crippen molar-refractivity contribution in [2.24, 2.45) is 10.9 Å². The molecule has 0 aromatic heterocycles. The summed E-state index contributed by atoms with van der Waals surface area (Å²) in [4.78, 5) is 12.0. The summed E-state index contributed by atoms with van der Waals surface area (Å²) >= 11 is 0. The van der Waals surface area contributed by atoms with Gasteiger partial charge in [-0.2, -0.15) is 0 Å². The number of benzene rings is 1. The lowest BCUT2D eigenvalue weighted by Gasteiger charge is -2.24. The summed E-state index contributed by atoms with van der Waals surface area (Å²) in [5, 5.41) is 14.3. The molecule has 0 saturated carbocycles. The van der Waals surface area contributed by atoms with Crippen molar-refractivity contribution in [1.82, 2.24) is 5.32 Å². The molecule has 0 saturated heterocycles. The summed E-state index contributed by atoms with van der Waals surface area (Å²) in [5.41, 5.74) is 6.33. The molecular formula is C13H19N3O2. The minimum absolute atomic E-state index is 0.0407. The van der Waals surface area contributed by atoms with E-state index in [1.165, 1.54) is 5.56 Å². The molecule has 5 nitrogen and oxygen atoms in total. The summed E-state index contributed by atoms with van der Waals surface area (Å²) in [6.45, 7) is 5.39. The number of rotatable bonds is 4. The lowest BCUT2D eigenvalue weighted by atomic mass is 10.0. The van der Waals surface area contributed by atoms with Crippen LogP contribution in [0.15, 0.2) is 29.4 Å². The van der Waals surface area contributed by atoms with E-state index in [0.29, 0.717) is 5.56 Å². The molecule has 0 radical (unpaired) electrons. The summed E-state index contributed by atoms with van der Waals surface area (Å²) in [6.07, 6.45) is 0.928. The summed E-state index contributed by atoms with van der Waals surface area (Å²) < 4.78 is 0. The second-order valence-corrected chi connectivity index (χ2v) is 4.61. The van der Waals surface area contributed by atoms with Gasteiger partial charge < -0.3 is 16.3 Å². The Hall–Kier alpha value is -2.04. The maximum atomic E-state index is 12.0. The number of hydrogen-bond acceptors (Lipinski definition) is 3. The molecule has 0 fully saturated rings. The van der Waals surface area contributed by atoms with Crippen LogP contribution in [0.2, 0.25) is 0 Å². The third-order valence-electron chi connectivity index (χ3n) is 2.80. The van der Waals surface area contributed by atoms with Gasteiger partial charge in [0.2, 0.25) is 0 Å². The quantitative estimate of drug-likeness (QED) is 0.327. The number of oxime groups is 1. The average molecular weight is 249 g/mol. The monoisotopic (exact) mass is 249 g/mol. The van der Waals surface area contributed by atoms with E-state index in [1.807, 2.05) is 12.1 Å². The van der Waals surface area contributed by atoms with E-state index in [2.05, 4.69) is 17.4 Å². The molecule has 4 N–H and O–H groups in total. The molecular weight excluding hydrogens is 230 g/mol.